The van der Waals surface area contributed by atoms with E-state index in [1.807, 2.05) is 23.6 Å². The number of ketones is 1. The lowest BCUT2D eigenvalue weighted by Gasteiger charge is -2.26. The average molecular weight is 506 g/mol. The van der Waals surface area contributed by atoms with Crippen molar-refractivity contribution in [1.82, 2.24) is 4.90 Å². The molecule has 0 spiro atoms. The van der Waals surface area contributed by atoms with E-state index in [1.54, 1.807) is 43.5 Å². The molecule has 1 aliphatic rings. The molecule has 8 nitrogen and oxygen atoms in total. The molecule has 0 saturated heterocycles. The molecule has 184 valence electrons. The lowest BCUT2D eigenvalue weighted by Crippen LogP contribution is -2.30. The highest BCUT2D eigenvalue weighted by molar-refractivity contribution is 7.10. The van der Waals surface area contributed by atoms with Crippen molar-refractivity contribution in [3.8, 4) is 17.2 Å². The third-order valence-electron chi connectivity index (χ3n) is 6.11. The second-order valence-electron chi connectivity index (χ2n) is 8.12. The van der Waals surface area contributed by atoms with E-state index < -0.39 is 23.5 Å². The molecule has 1 aliphatic heterocycles. The van der Waals surface area contributed by atoms with Crippen LogP contribution in [0.3, 0.4) is 0 Å². The van der Waals surface area contributed by atoms with Crippen LogP contribution < -0.4 is 14.2 Å². The molecule has 5 rings (SSSR count). The van der Waals surface area contributed by atoms with Gasteiger partial charge in [0.25, 0.3) is 5.91 Å². The largest absolute Gasteiger partial charge is 0.503 e. The summed E-state index contributed by atoms with van der Waals surface area (Å²) in [7, 11) is 4.59. The number of thiophene rings is 1. The van der Waals surface area contributed by atoms with Gasteiger partial charge in [-0.15, -0.1) is 11.3 Å². The third-order valence-corrected chi connectivity index (χ3v) is 7.04. The fraction of sp³-hybridized carbons (Fsp3) is 0.185. The first kappa shape index (κ1) is 23.5. The van der Waals surface area contributed by atoms with E-state index in [0.29, 0.717) is 28.2 Å². The Bertz CT molecular complexity index is 1490. The Hall–Kier alpha value is -4.24. The van der Waals surface area contributed by atoms with Gasteiger partial charge in [0.15, 0.2) is 34.4 Å². The summed E-state index contributed by atoms with van der Waals surface area (Å²) < 4.78 is 21.9. The van der Waals surface area contributed by atoms with Crippen molar-refractivity contribution in [1.29, 1.82) is 0 Å². The monoisotopic (exact) mass is 505 g/mol. The zero-order valence-electron chi connectivity index (χ0n) is 19.8. The second-order valence-corrected chi connectivity index (χ2v) is 9.10. The molecule has 4 aromatic rings. The molecule has 1 amide bonds. The average Bonchev–Trinajstić information content (AvgIpc) is 3.63. The van der Waals surface area contributed by atoms with Crippen LogP contribution in [0.15, 0.2) is 75.7 Å². The van der Waals surface area contributed by atoms with Crippen molar-refractivity contribution < 1.29 is 33.3 Å². The van der Waals surface area contributed by atoms with Gasteiger partial charge < -0.3 is 28.6 Å². The summed E-state index contributed by atoms with van der Waals surface area (Å²) in [5.41, 5.74) is 1.14. The van der Waals surface area contributed by atoms with E-state index in [1.165, 1.54) is 30.5 Å². The number of amides is 1. The van der Waals surface area contributed by atoms with Crippen LogP contribution in [-0.2, 0) is 11.3 Å². The molecule has 1 atom stereocenters. The number of Topliss-reactive ketones (excluding diaryl/α,β-unsaturated/α-hetero) is 1. The van der Waals surface area contributed by atoms with Crippen LogP contribution in [0, 0.1) is 0 Å². The number of fused-ring (bicyclic) bond motifs is 1. The smallest absolute Gasteiger partial charge is 0.290 e. The van der Waals surface area contributed by atoms with Gasteiger partial charge in [0.1, 0.15) is 6.04 Å². The SMILES string of the molecule is COc1ccc(CN2C(=O)C(O)=C(C(=O)c3cc4cccc(OC)c4o3)C2c2cccs2)cc1OC. The van der Waals surface area contributed by atoms with Crippen molar-refractivity contribution in [3.05, 3.63) is 87.5 Å². The lowest BCUT2D eigenvalue weighted by atomic mass is 10.00. The zero-order chi connectivity index (χ0) is 25.4. The van der Waals surface area contributed by atoms with Crippen LogP contribution in [0.1, 0.15) is 27.0 Å². The maximum absolute atomic E-state index is 13.7. The second kappa shape index (κ2) is 9.43. The minimum atomic E-state index is -0.784. The number of methoxy groups -OCH3 is 3. The molecule has 1 unspecified atom stereocenters. The zero-order valence-corrected chi connectivity index (χ0v) is 20.6. The Labute approximate surface area is 210 Å². The highest BCUT2D eigenvalue weighted by atomic mass is 32.1. The number of nitrogens with zero attached hydrogens (tertiary/aromatic N) is 1. The predicted molar refractivity (Wildman–Crippen MR) is 134 cm³/mol. The van der Waals surface area contributed by atoms with Gasteiger partial charge in [-0.2, -0.15) is 0 Å². The Kier molecular flexibility index (Phi) is 6.15. The topological polar surface area (TPSA) is 98.4 Å². The summed E-state index contributed by atoms with van der Waals surface area (Å²) in [5, 5.41) is 13.5. The summed E-state index contributed by atoms with van der Waals surface area (Å²) in [4.78, 5) is 29.2. The number of benzene rings is 2. The highest BCUT2D eigenvalue weighted by Crippen LogP contribution is 2.43. The lowest BCUT2D eigenvalue weighted by molar-refractivity contribution is -0.130. The molecular formula is C27H23NO7S. The Balaban J connectivity index is 1.55. The number of carbonyl (C=O) groups excluding carboxylic acids is 2. The van der Waals surface area contributed by atoms with Crippen molar-refractivity contribution >= 4 is 34.0 Å². The number of carbonyl (C=O) groups is 2. The van der Waals surface area contributed by atoms with E-state index in [2.05, 4.69) is 0 Å². The van der Waals surface area contributed by atoms with Gasteiger partial charge in [0.05, 0.1) is 26.9 Å². The van der Waals surface area contributed by atoms with E-state index in [9.17, 15) is 14.7 Å². The molecule has 1 N–H and O–H groups in total. The van der Waals surface area contributed by atoms with Gasteiger partial charge in [-0.25, -0.2) is 0 Å². The third kappa shape index (κ3) is 3.87. The summed E-state index contributed by atoms with van der Waals surface area (Å²) >= 11 is 1.39. The minimum absolute atomic E-state index is 0.0124. The van der Waals surface area contributed by atoms with E-state index >= 15 is 0 Å². The first-order valence-corrected chi connectivity index (χ1v) is 11.9. The van der Waals surface area contributed by atoms with Crippen LogP contribution >= 0.6 is 11.3 Å². The Morgan fingerprint density at radius 2 is 1.78 bits per heavy atom. The molecule has 0 saturated carbocycles. The van der Waals surface area contributed by atoms with Crippen molar-refractivity contribution in [2.45, 2.75) is 12.6 Å². The normalized spacial score (nSPS) is 15.6. The van der Waals surface area contributed by atoms with Gasteiger partial charge in [0, 0.05) is 16.8 Å². The van der Waals surface area contributed by atoms with E-state index in [4.69, 9.17) is 18.6 Å². The van der Waals surface area contributed by atoms with Crippen LogP contribution in [0.25, 0.3) is 11.0 Å². The molecule has 9 heteroatoms. The van der Waals surface area contributed by atoms with Crippen molar-refractivity contribution in [2.24, 2.45) is 0 Å². The molecular weight excluding hydrogens is 482 g/mol. The van der Waals surface area contributed by atoms with E-state index in [-0.39, 0.29) is 17.9 Å². The number of ether oxygens (including phenoxy) is 3. The van der Waals surface area contributed by atoms with Crippen molar-refractivity contribution in [2.75, 3.05) is 21.3 Å². The van der Waals surface area contributed by atoms with Crippen molar-refractivity contribution in [3.63, 3.8) is 0 Å². The van der Waals surface area contributed by atoms with Crippen LogP contribution in [0.5, 0.6) is 17.2 Å². The summed E-state index contributed by atoms with van der Waals surface area (Å²) in [6.07, 6.45) is 0. The molecule has 0 fully saturated rings. The quantitative estimate of drug-likeness (QED) is 0.325. The molecule has 36 heavy (non-hydrogen) atoms. The molecule has 0 radical (unpaired) electrons. The number of para-hydroxylation sites is 1. The van der Waals surface area contributed by atoms with Gasteiger partial charge in [-0.3, -0.25) is 9.59 Å². The molecule has 2 aromatic carbocycles. The van der Waals surface area contributed by atoms with E-state index in [0.717, 1.165) is 10.4 Å². The summed E-state index contributed by atoms with van der Waals surface area (Å²) in [5.74, 6) is -0.227. The number of aliphatic hydroxyl groups is 1. The van der Waals surface area contributed by atoms with Gasteiger partial charge in [-0.05, 0) is 41.3 Å². The molecule has 0 aliphatic carbocycles. The number of hydrogen-bond donors (Lipinski definition) is 1. The number of rotatable bonds is 8. The minimum Gasteiger partial charge on any atom is -0.503 e. The number of hydrogen-bond acceptors (Lipinski definition) is 8. The number of furan rings is 1. The van der Waals surface area contributed by atoms with Gasteiger partial charge >= 0.3 is 0 Å². The summed E-state index contributed by atoms with van der Waals surface area (Å²) in [6, 6.07) is 15.1. The maximum atomic E-state index is 13.7. The van der Waals surface area contributed by atoms with Gasteiger partial charge in [0.2, 0.25) is 5.78 Å². The molecule has 2 aromatic heterocycles. The fourth-order valence-corrected chi connectivity index (χ4v) is 5.25. The van der Waals surface area contributed by atoms with Crippen LogP contribution in [0.4, 0.5) is 0 Å². The highest BCUT2D eigenvalue weighted by Gasteiger charge is 2.45. The Morgan fingerprint density at radius 1 is 1.00 bits per heavy atom. The molecule has 3 heterocycles. The fourth-order valence-electron chi connectivity index (χ4n) is 4.41. The number of aliphatic hydroxyl groups excluding tert-OH is 1. The predicted octanol–water partition coefficient (Wildman–Crippen LogP) is 5.30. The first-order chi connectivity index (χ1) is 17.5. The Morgan fingerprint density at radius 3 is 2.47 bits per heavy atom. The van der Waals surface area contributed by atoms with Gasteiger partial charge in [-0.1, -0.05) is 24.3 Å². The molecule has 0 bridgehead atoms. The van der Waals surface area contributed by atoms with Crippen LogP contribution in [0.2, 0.25) is 0 Å². The summed E-state index contributed by atoms with van der Waals surface area (Å²) in [6.45, 7) is 0.135. The first-order valence-electron chi connectivity index (χ1n) is 11.1. The standard InChI is InChI=1S/C27H23NO7S/c1-32-17-10-9-15(12-19(17)34-3)14-28-23(21-8-5-11-36-21)22(25(30)27(28)31)24(29)20-13-16-6-4-7-18(33-2)26(16)35-20/h4-13,23,30H,14H2,1-3H3. The van der Waals surface area contributed by atoms with Crippen LogP contribution in [-0.4, -0.2) is 43.0 Å². The maximum Gasteiger partial charge on any atom is 0.290 e.